The number of hydrogen-bond acceptors (Lipinski definition) is 7. The molecule has 1 aliphatic rings. The van der Waals surface area contributed by atoms with Crippen LogP contribution in [0.15, 0.2) is 70.5 Å². The Balaban J connectivity index is 1.56. The zero-order chi connectivity index (χ0) is 25.5. The SMILES string of the molecule is O=c1c(OCCCCCO)c(N2CCN(S(=O)(=O)c3ccccc3)CC2)cnn1-c1ccc(F)cc1. The molecule has 0 atom stereocenters. The van der Waals surface area contributed by atoms with Crippen LogP contribution in [0.1, 0.15) is 19.3 Å². The van der Waals surface area contributed by atoms with Gasteiger partial charge in [0.1, 0.15) is 11.5 Å². The molecule has 0 saturated carbocycles. The van der Waals surface area contributed by atoms with Gasteiger partial charge in [-0.25, -0.2) is 12.8 Å². The maximum atomic E-state index is 13.4. The van der Waals surface area contributed by atoms with E-state index >= 15 is 0 Å². The molecule has 0 amide bonds. The van der Waals surface area contributed by atoms with Crippen molar-refractivity contribution < 1.29 is 22.7 Å². The monoisotopic (exact) mass is 516 g/mol. The molecular formula is C25H29FN4O5S. The predicted octanol–water partition coefficient (Wildman–Crippen LogP) is 2.42. The Morgan fingerprint density at radius 1 is 0.944 bits per heavy atom. The van der Waals surface area contributed by atoms with E-state index < -0.39 is 21.4 Å². The molecule has 4 rings (SSSR count). The zero-order valence-electron chi connectivity index (χ0n) is 19.8. The molecule has 36 heavy (non-hydrogen) atoms. The molecule has 0 bridgehead atoms. The van der Waals surface area contributed by atoms with E-state index in [1.807, 2.05) is 4.90 Å². The number of anilines is 1. The van der Waals surface area contributed by atoms with Crippen LogP contribution in [0.25, 0.3) is 5.69 Å². The second kappa shape index (κ2) is 11.6. The van der Waals surface area contributed by atoms with Crippen molar-refractivity contribution in [1.82, 2.24) is 14.1 Å². The van der Waals surface area contributed by atoms with Crippen LogP contribution >= 0.6 is 0 Å². The van der Waals surface area contributed by atoms with Gasteiger partial charge in [-0.05, 0) is 55.7 Å². The van der Waals surface area contributed by atoms with Crippen molar-refractivity contribution in [2.75, 3.05) is 44.3 Å². The maximum absolute atomic E-state index is 13.4. The number of aliphatic hydroxyl groups excluding tert-OH is 1. The number of halogens is 1. The summed E-state index contributed by atoms with van der Waals surface area (Å²) in [5.74, 6) is -0.315. The molecule has 1 saturated heterocycles. The van der Waals surface area contributed by atoms with E-state index in [9.17, 15) is 17.6 Å². The van der Waals surface area contributed by atoms with E-state index in [1.165, 1.54) is 34.8 Å². The molecule has 0 radical (unpaired) electrons. The van der Waals surface area contributed by atoms with Crippen molar-refractivity contribution >= 4 is 15.7 Å². The van der Waals surface area contributed by atoms with Gasteiger partial charge in [-0.15, -0.1) is 0 Å². The highest BCUT2D eigenvalue weighted by Crippen LogP contribution is 2.27. The first-order chi connectivity index (χ1) is 17.4. The van der Waals surface area contributed by atoms with E-state index in [1.54, 1.807) is 30.3 Å². The molecular weight excluding hydrogens is 487 g/mol. The molecule has 1 fully saturated rings. The van der Waals surface area contributed by atoms with Gasteiger partial charge in [0.15, 0.2) is 0 Å². The first kappa shape index (κ1) is 25.8. The number of sulfonamides is 1. The normalized spacial score (nSPS) is 14.7. The summed E-state index contributed by atoms with van der Waals surface area (Å²) in [6.07, 6.45) is 3.57. The molecule has 11 heteroatoms. The molecule has 0 spiro atoms. The van der Waals surface area contributed by atoms with E-state index in [0.29, 0.717) is 37.3 Å². The number of aliphatic hydroxyl groups is 1. The van der Waals surface area contributed by atoms with Gasteiger partial charge in [0.25, 0.3) is 0 Å². The summed E-state index contributed by atoms with van der Waals surface area (Å²) in [5.41, 5.74) is 0.398. The minimum Gasteiger partial charge on any atom is -0.486 e. The summed E-state index contributed by atoms with van der Waals surface area (Å²) < 4.78 is 47.8. The Bertz CT molecular complexity index is 1310. The number of nitrogens with zero attached hydrogens (tertiary/aromatic N) is 4. The highest BCUT2D eigenvalue weighted by molar-refractivity contribution is 7.89. The Hall–Kier alpha value is -3.28. The molecule has 1 aromatic heterocycles. The summed E-state index contributed by atoms with van der Waals surface area (Å²) in [4.78, 5) is 15.5. The lowest BCUT2D eigenvalue weighted by Gasteiger charge is -2.35. The summed E-state index contributed by atoms with van der Waals surface area (Å²) in [6, 6.07) is 13.7. The lowest BCUT2D eigenvalue weighted by atomic mass is 10.2. The van der Waals surface area contributed by atoms with Crippen molar-refractivity contribution in [2.45, 2.75) is 24.2 Å². The first-order valence-corrected chi connectivity index (χ1v) is 13.3. The Labute approximate surface area is 209 Å². The number of rotatable bonds is 10. The lowest BCUT2D eigenvalue weighted by Crippen LogP contribution is -2.49. The second-order valence-corrected chi connectivity index (χ2v) is 10.3. The highest BCUT2D eigenvalue weighted by atomic mass is 32.2. The molecule has 192 valence electrons. The van der Waals surface area contributed by atoms with Gasteiger partial charge in [0, 0.05) is 32.8 Å². The van der Waals surface area contributed by atoms with E-state index in [2.05, 4.69) is 5.10 Å². The molecule has 1 N–H and O–H groups in total. The van der Waals surface area contributed by atoms with Crippen molar-refractivity contribution in [3.8, 4) is 11.4 Å². The Morgan fingerprint density at radius 3 is 2.31 bits per heavy atom. The summed E-state index contributed by atoms with van der Waals surface area (Å²) >= 11 is 0. The number of hydrogen-bond donors (Lipinski definition) is 1. The summed E-state index contributed by atoms with van der Waals surface area (Å²) in [5, 5.41) is 13.3. The van der Waals surface area contributed by atoms with Crippen LogP contribution in [0.2, 0.25) is 0 Å². The van der Waals surface area contributed by atoms with Crippen molar-refractivity contribution in [2.24, 2.45) is 0 Å². The maximum Gasteiger partial charge on any atom is 0.316 e. The quantitative estimate of drug-likeness (QED) is 0.413. The third-order valence-electron chi connectivity index (χ3n) is 6.00. The Kier molecular flexibility index (Phi) is 8.34. The van der Waals surface area contributed by atoms with Gasteiger partial charge in [-0.2, -0.15) is 14.1 Å². The number of piperazine rings is 1. The zero-order valence-corrected chi connectivity index (χ0v) is 20.6. The van der Waals surface area contributed by atoms with Crippen LogP contribution in [0.5, 0.6) is 5.75 Å². The van der Waals surface area contributed by atoms with Crippen LogP contribution in [0.4, 0.5) is 10.1 Å². The number of aromatic nitrogens is 2. The number of unbranched alkanes of at least 4 members (excludes halogenated alkanes) is 2. The predicted molar refractivity (Wildman–Crippen MR) is 134 cm³/mol. The van der Waals surface area contributed by atoms with Gasteiger partial charge in [-0.1, -0.05) is 18.2 Å². The Morgan fingerprint density at radius 2 is 1.64 bits per heavy atom. The lowest BCUT2D eigenvalue weighted by molar-refractivity contribution is 0.264. The average molecular weight is 517 g/mol. The standard InChI is InChI=1S/C25H29FN4O5S/c26-20-9-11-21(12-10-20)30-25(32)24(35-18-6-2-5-17-31)23(19-27-30)28-13-15-29(16-14-28)36(33,34)22-7-3-1-4-8-22/h1,3-4,7-12,19,31H,2,5-6,13-18H2. The smallest absolute Gasteiger partial charge is 0.316 e. The van der Waals surface area contributed by atoms with E-state index in [4.69, 9.17) is 9.84 Å². The van der Waals surface area contributed by atoms with Crippen LogP contribution in [0, 0.1) is 5.82 Å². The van der Waals surface area contributed by atoms with Gasteiger partial charge in [-0.3, -0.25) is 4.79 Å². The third-order valence-corrected chi connectivity index (χ3v) is 7.91. The van der Waals surface area contributed by atoms with Gasteiger partial charge in [0.05, 0.1) is 23.4 Å². The van der Waals surface area contributed by atoms with Crippen molar-refractivity contribution in [3.63, 3.8) is 0 Å². The molecule has 0 unspecified atom stereocenters. The van der Waals surface area contributed by atoms with Crippen LogP contribution in [0.3, 0.4) is 0 Å². The molecule has 9 nitrogen and oxygen atoms in total. The summed E-state index contributed by atoms with van der Waals surface area (Å²) in [7, 11) is -3.61. The van der Waals surface area contributed by atoms with Crippen LogP contribution < -0.4 is 15.2 Å². The number of ether oxygens (including phenoxy) is 1. The fourth-order valence-electron chi connectivity index (χ4n) is 4.03. The van der Waals surface area contributed by atoms with Crippen LogP contribution in [-0.4, -0.2) is 67.0 Å². The van der Waals surface area contributed by atoms with Crippen molar-refractivity contribution in [1.29, 1.82) is 0 Å². The largest absolute Gasteiger partial charge is 0.486 e. The number of benzene rings is 2. The highest BCUT2D eigenvalue weighted by Gasteiger charge is 2.30. The minimum atomic E-state index is -3.61. The van der Waals surface area contributed by atoms with Gasteiger partial charge in [0.2, 0.25) is 15.8 Å². The minimum absolute atomic E-state index is 0.0913. The van der Waals surface area contributed by atoms with E-state index in [0.717, 1.165) is 11.1 Å². The molecule has 2 aromatic carbocycles. The average Bonchev–Trinajstić information content (AvgIpc) is 2.90. The fourth-order valence-corrected chi connectivity index (χ4v) is 5.48. The fraction of sp³-hybridized carbons (Fsp3) is 0.360. The third kappa shape index (κ3) is 5.75. The molecule has 2 heterocycles. The van der Waals surface area contributed by atoms with Crippen molar-refractivity contribution in [3.05, 3.63) is 77.0 Å². The van der Waals surface area contributed by atoms with E-state index in [-0.39, 0.29) is 36.9 Å². The van der Waals surface area contributed by atoms with Gasteiger partial charge >= 0.3 is 5.56 Å². The topological polar surface area (TPSA) is 105 Å². The summed E-state index contributed by atoms with van der Waals surface area (Å²) in [6.45, 7) is 1.57. The van der Waals surface area contributed by atoms with Crippen LogP contribution in [-0.2, 0) is 10.0 Å². The molecule has 0 aliphatic carbocycles. The first-order valence-electron chi connectivity index (χ1n) is 11.8. The molecule has 1 aliphatic heterocycles. The molecule has 3 aromatic rings. The van der Waals surface area contributed by atoms with Gasteiger partial charge < -0.3 is 14.7 Å². The second-order valence-electron chi connectivity index (χ2n) is 8.39.